The number of carboxylic acid groups (broad SMARTS) is 1. The van der Waals surface area contributed by atoms with Crippen LogP contribution in [0.4, 0.5) is 0 Å². The summed E-state index contributed by atoms with van der Waals surface area (Å²) < 4.78 is 0. The van der Waals surface area contributed by atoms with Gasteiger partial charge in [-0.25, -0.2) is 0 Å². The first-order valence-electron chi connectivity index (χ1n) is 7.53. The Bertz CT molecular complexity index is 735. The number of carbonyl (C=O) groups is 2. The molecule has 0 bridgehead atoms. The molecule has 0 saturated carbocycles. The summed E-state index contributed by atoms with van der Waals surface area (Å²) in [6.07, 6.45) is 2.19. The van der Waals surface area contributed by atoms with Crippen molar-refractivity contribution in [2.45, 2.75) is 20.3 Å². The fourth-order valence-electron chi connectivity index (χ4n) is 3.28. The lowest BCUT2D eigenvalue weighted by Crippen LogP contribution is -2.31. The predicted molar refractivity (Wildman–Crippen MR) is 83.6 cm³/mol. The summed E-state index contributed by atoms with van der Waals surface area (Å²) in [7, 11) is 0. The van der Waals surface area contributed by atoms with E-state index in [0.717, 1.165) is 22.0 Å². The predicted octanol–water partition coefficient (Wildman–Crippen LogP) is 2.20. The smallest absolute Gasteiger partial charge is 0.308 e. The van der Waals surface area contributed by atoms with Gasteiger partial charge < -0.3 is 15.0 Å². The third kappa shape index (κ3) is 2.47. The monoisotopic (exact) mass is 300 g/mol. The lowest BCUT2D eigenvalue weighted by atomic mass is 9.99. The fourth-order valence-corrected chi connectivity index (χ4v) is 3.28. The molecule has 1 fully saturated rings. The van der Waals surface area contributed by atoms with Gasteiger partial charge in [0.15, 0.2) is 0 Å². The van der Waals surface area contributed by atoms with Crippen molar-refractivity contribution in [1.29, 1.82) is 0 Å². The van der Waals surface area contributed by atoms with E-state index in [-0.39, 0.29) is 11.8 Å². The first-order valence-corrected chi connectivity index (χ1v) is 7.53. The maximum Gasteiger partial charge on any atom is 0.308 e. The van der Waals surface area contributed by atoms with Crippen molar-refractivity contribution in [1.82, 2.24) is 9.88 Å². The van der Waals surface area contributed by atoms with E-state index in [1.54, 1.807) is 4.90 Å². The summed E-state index contributed by atoms with van der Waals surface area (Å²) in [5.74, 6) is -1.26. The summed E-state index contributed by atoms with van der Waals surface area (Å²) in [6, 6.07) is 6.02. The standard InChI is InChI=1S/C17H20N2O3/c1-10-4-3-5-13-12(7-18-16(10)13)6-15(20)19-8-11(2)14(9-19)17(21)22/h3-5,7,11,14,18H,6,8-9H2,1-2H3,(H,21,22)/t11-,14-/m1/s1. The van der Waals surface area contributed by atoms with E-state index in [1.165, 1.54) is 0 Å². The van der Waals surface area contributed by atoms with Gasteiger partial charge in [0.1, 0.15) is 0 Å². The second-order valence-electron chi connectivity index (χ2n) is 6.21. The zero-order valence-corrected chi connectivity index (χ0v) is 12.8. The van der Waals surface area contributed by atoms with Gasteiger partial charge in [0.2, 0.25) is 5.91 Å². The quantitative estimate of drug-likeness (QED) is 0.912. The molecule has 0 unspecified atom stereocenters. The van der Waals surface area contributed by atoms with E-state index in [4.69, 9.17) is 5.11 Å². The number of likely N-dealkylation sites (tertiary alicyclic amines) is 1. The molecule has 1 aliphatic heterocycles. The molecular weight excluding hydrogens is 280 g/mol. The van der Waals surface area contributed by atoms with Crippen LogP contribution in [0.1, 0.15) is 18.1 Å². The van der Waals surface area contributed by atoms with Crippen LogP contribution in [0.3, 0.4) is 0 Å². The van der Waals surface area contributed by atoms with Gasteiger partial charge in [0.05, 0.1) is 12.3 Å². The van der Waals surface area contributed by atoms with Crippen molar-refractivity contribution in [3.63, 3.8) is 0 Å². The van der Waals surface area contributed by atoms with Crippen LogP contribution in [0.25, 0.3) is 10.9 Å². The highest BCUT2D eigenvalue weighted by atomic mass is 16.4. The second-order valence-corrected chi connectivity index (χ2v) is 6.21. The molecule has 5 heteroatoms. The zero-order valence-electron chi connectivity index (χ0n) is 12.8. The lowest BCUT2D eigenvalue weighted by molar-refractivity contribution is -0.142. The van der Waals surface area contributed by atoms with Gasteiger partial charge in [-0.3, -0.25) is 9.59 Å². The molecule has 2 aromatic rings. The summed E-state index contributed by atoms with van der Waals surface area (Å²) >= 11 is 0. The minimum Gasteiger partial charge on any atom is -0.481 e. The topological polar surface area (TPSA) is 73.4 Å². The maximum atomic E-state index is 12.5. The number of carbonyl (C=O) groups excluding carboxylic acids is 1. The highest BCUT2D eigenvalue weighted by Crippen LogP contribution is 2.26. The molecule has 2 N–H and O–H groups in total. The van der Waals surface area contributed by atoms with E-state index < -0.39 is 11.9 Å². The molecule has 1 saturated heterocycles. The van der Waals surface area contributed by atoms with Crippen LogP contribution in [0.5, 0.6) is 0 Å². The molecule has 1 aromatic carbocycles. The number of nitrogens with one attached hydrogen (secondary N) is 1. The van der Waals surface area contributed by atoms with Gasteiger partial charge in [0, 0.05) is 30.2 Å². The molecule has 2 atom stereocenters. The number of hydrogen-bond donors (Lipinski definition) is 2. The number of aliphatic carboxylic acids is 1. The molecule has 1 aromatic heterocycles. The summed E-state index contributed by atoms with van der Waals surface area (Å²) in [5.41, 5.74) is 3.18. The van der Waals surface area contributed by atoms with Gasteiger partial charge in [-0.1, -0.05) is 25.1 Å². The third-order valence-corrected chi connectivity index (χ3v) is 4.63. The maximum absolute atomic E-state index is 12.5. The van der Waals surface area contributed by atoms with Crippen LogP contribution in [0.15, 0.2) is 24.4 Å². The van der Waals surface area contributed by atoms with Crippen LogP contribution < -0.4 is 0 Å². The lowest BCUT2D eigenvalue weighted by Gasteiger charge is -2.15. The van der Waals surface area contributed by atoms with Gasteiger partial charge in [-0.2, -0.15) is 0 Å². The van der Waals surface area contributed by atoms with Crippen molar-refractivity contribution in [2.75, 3.05) is 13.1 Å². The third-order valence-electron chi connectivity index (χ3n) is 4.63. The number of hydrogen-bond acceptors (Lipinski definition) is 2. The molecule has 116 valence electrons. The van der Waals surface area contributed by atoms with Crippen molar-refractivity contribution in [3.05, 3.63) is 35.5 Å². The summed E-state index contributed by atoms with van der Waals surface area (Å²) in [5, 5.41) is 10.2. The molecule has 0 aliphatic carbocycles. The Morgan fingerprint density at radius 2 is 2.14 bits per heavy atom. The largest absolute Gasteiger partial charge is 0.481 e. The van der Waals surface area contributed by atoms with Crippen molar-refractivity contribution < 1.29 is 14.7 Å². The number of aryl methyl sites for hydroxylation is 1. The summed E-state index contributed by atoms with van der Waals surface area (Å²) in [6.45, 7) is 4.76. The Morgan fingerprint density at radius 1 is 1.36 bits per heavy atom. The van der Waals surface area contributed by atoms with E-state index >= 15 is 0 Å². The Kier molecular flexibility index (Phi) is 3.64. The van der Waals surface area contributed by atoms with Gasteiger partial charge >= 0.3 is 5.97 Å². The average molecular weight is 300 g/mol. The molecule has 1 amide bonds. The van der Waals surface area contributed by atoms with Crippen LogP contribution in [0, 0.1) is 18.8 Å². The Labute approximate surface area is 128 Å². The number of aromatic nitrogens is 1. The summed E-state index contributed by atoms with van der Waals surface area (Å²) in [4.78, 5) is 28.5. The molecule has 2 heterocycles. The minimum absolute atomic E-state index is 0.00185. The van der Waals surface area contributed by atoms with Crippen molar-refractivity contribution >= 4 is 22.8 Å². The molecule has 5 nitrogen and oxygen atoms in total. The van der Waals surface area contributed by atoms with Crippen LogP contribution in [-0.4, -0.2) is 40.0 Å². The van der Waals surface area contributed by atoms with Gasteiger partial charge in [0.25, 0.3) is 0 Å². The fraction of sp³-hybridized carbons (Fsp3) is 0.412. The molecule has 22 heavy (non-hydrogen) atoms. The Balaban J connectivity index is 1.77. The Morgan fingerprint density at radius 3 is 2.82 bits per heavy atom. The zero-order chi connectivity index (χ0) is 15.9. The van der Waals surface area contributed by atoms with E-state index in [1.807, 2.05) is 38.2 Å². The van der Waals surface area contributed by atoms with Crippen LogP contribution in [0.2, 0.25) is 0 Å². The number of H-pyrrole nitrogens is 1. The van der Waals surface area contributed by atoms with Gasteiger partial charge in [-0.15, -0.1) is 0 Å². The van der Waals surface area contributed by atoms with Gasteiger partial charge in [-0.05, 0) is 24.0 Å². The molecular formula is C17H20N2O3. The number of para-hydroxylation sites is 1. The van der Waals surface area contributed by atoms with E-state index in [0.29, 0.717) is 19.5 Å². The van der Waals surface area contributed by atoms with Crippen molar-refractivity contribution in [2.24, 2.45) is 11.8 Å². The number of fused-ring (bicyclic) bond motifs is 1. The van der Waals surface area contributed by atoms with E-state index in [2.05, 4.69) is 4.98 Å². The normalized spacial score (nSPS) is 21.5. The highest BCUT2D eigenvalue weighted by molar-refractivity contribution is 5.90. The van der Waals surface area contributed by atoms with E-state index in [9.17, 15) is 9.59 Å². The number of nitrogens with zero attached hydrogens (tertiary/aromatic N) is 1. The number of amides is 1. The second kappa shape index (κ2) is 5.48. The molecule has 0 spiro atoms. The molecule has 1 aliphatic rings. The number of rotatable bonds is 3. The first kappa shape index (κ1) is 14.6. The number of benzene rings is 1. The van der Waals surface area contributed by atoms with Crippen LogP contribution >= 0.6 is 0 Å². The number of aromatic amines is 1. The molecule has 0 radical (unpaired) electrons. The number of carboxylic acids is 1. The van der Waals surface area contributed by atoms with Crippen LogP contribution in [-0.2, 0) is 16.0 Å². The van der Waals surface area contributed by atoms with Crippen molar-refractivity contribution in [3.8, 4) is 0 Å². The SMILES string of the molecule is Cc1cccc2c(CC(=O)N3C[C@@H](C)[C@H](C(=O)O)C3)c[nH]c12. The molecule has 3 rings (SSSR count). The minimum atomic E-state index is -0.814. The Hall–Kier alpha value is -2.30. The average Bonchev–Trinajstić information content (AvgIpc) is 3.04. The highest BCUT2D eigenvalue weighted by Gasteiger charge is 2.36. The first-order chi connectivity index (χ1) is 10.5.